The molecule has 0 amide bonds. The maximum Gasteiger partial charge on any atom is 0.0940 e. The van der Waals surface area contributed by atoms with Crippen LogP contribution in [0.25, 0.3) is 0 Å². The maximum atomic E-state index is 5.23. The highest BCUT2D eigenvalue weighted by Crippen LogP contribution is 2.22. The van der Waals surface area contributed by atoms with Crippen molar-refractivity contribution in [1.82, 2.24) is 10.3 Å². The molecule has 15 heavy (non-hydrogen) atoms. The first-order valence-electron chi connectivity index (χ1n) is 5.45. The van der Waals surface area contributed by atoms with Gasteiger partial charge in [0.25, 0.3) is 0 Å². The molecule has 1 aliphatic carbocycles. The monoisotopic (exact) mass is 226 g/mol. The van der Waals surface area contributed by atoms with Gasteiger partial charge in [0.05, 0.1) is 11.1 Å². The Kier molecular flexibility index (Phi) is 3.72. The molecule has 4 heteroatoms. The van der Waals surface area contributed by atoms with Gasteiger partial charge in [0, 0.05) is 37.2 Å². The Bertz CT molecular complexity index is 307. The Morgan fingerprint density at radius 2 is 2.40 bits per heavy atom. The minimum Gasteiger partial charge on any atom is -0.381 e. The molecule has 1 aromatic rings. The van der Waals surface area contributed by atoms with Crippen LogP contribution in [0.5, 0.6) is 0 Å². The van der Waals surface area contributed by atoms with Crippen molar-refractivity contribution >= 4 is 11.3 Å². The van der Waals surface area contributed by atoms with Crippen LogP contribution in [0.3, 0.4) is 0 Å². The minimum atomic E-state index is 0.490. The van der Waals surface area contributed by atoms with Crippen LogP contribution in [0.1, 0.15) is 23.5 Å². The topological polar surface area (TPSA) is 34.1 Å². The summed E-state index contributed by atoms with van der Waals surface area (Å²) in [5, 5.41) is 6.88. The van der Waals surface area contributed by atoms with E-state index in [-0.39, 0.29) is 0 Å². The zero-order valence-corrected chi connectivity index (χ0v) is 10.1. The number of thiazole rings is 1. The second kappa shape index (κ2) is 5.05. The molecule has 0 unspecified atom stereocenters. The van der Waals surface area contributed by atoms with Crippen LogP contribution in [-0.2, 0) is 11.2 Å². The lowest BCUT2D eigenvalue weighted by Gasteiger charge is -2.34. The number of aryl methyl sites for hydroxylation is 1. The summed E-state index contributed by atoms with van der Waals surface area (Å²) in [4.78, 5) is 4.44. The van der Waals surface area contributed by atoms with Gasteiger partial charge in [0.2, 0.25) is 0 Å². The normalized spacial score (nSPS) is 25.2. The van der Waals surface area contributed by atoms with Crippen LogP contribution in [0.15, 0.2) is 5.38 Å². The number of methoxy groups -OCH3 is 1. The summed E-state index contributed by atoms with van der Waals surface area (Å²) in [7, 11) is 1.79. The Hall–Kier alpha value is -0.450. The van der Waals surface area contributed by atoms with E-state index in [2.05, 4.69) is 15.7 Å². The Morgan fingerprint density at radius 3 is 3.00 bits per heavy atom. The van der Waals surface area contributed by atoms with Gasteiger partial charge in [-0.15, -0.1) is 11.3 Å². The molecule has 0 atom stereocenters. The molecule has 1 saturated carbocycles. The summed E-state index contributed by atoms with van der Waals surface area (Å²) in [6.07, 6.45) is 3.86. The van der Waals surface area contributed by atoms with E-state index in [1.165, 1.54) is 5.01 Å². The molecule has 0 spiro atoms. The Morgan fingerprint density at radius 1 is 1.60 bits per heavy atom. The second-order valence-corrected chi connectivity index (χ2v) is 5.06. The molecule has 0 aliphatic heterocycles. The van der Waals surface area contributed by atoms with E-state index in [9.17, 15) is 0 Å². The fraction of sp³-hybridized carbons (Fsp3) is 0.727. The van der Waals surface area contributed by atoms with E-state index in [1.807, 2.05) is 6.92 Å². The highest BCUT2D eigenvalue weighted by atomic mass is 32.1. The lowest BCUT2D eigenvalue weighted by atomic mass is 9.89. The van der Waals surface area contributed by atoms with Gasteiger partial charge in [-0.05, 0) is 19.8 Å². The van der Waals surface area contributed by atoms with Crippen molar-refractivity contribution in [2.24, 2.45) is 0 Å². The average molecular weight is 226 g/mol. The van der Waals surface area contributed by atoms with Crippen LogP contribution < -0.4 is 5.32 Å². The zero-order valence-electron chi connectivity index (χ0n) is 9.32. The summed E-state index contributed by atoms with van der Waals surface area (Å²) < 4.78 is 5.23. The molecule has 0 saturated heterocycles. The largest absolute Gasteiger partial charge is 0.381 e. The summed E-state index contributed by atoms with van der Waals surface area (Å²) in [6.45, 7) is 3.08. The average Bonchev–Trinajstić information content (AvgIpc) is 2.55. The van der Waals surface area contributed by atoms with E-state index in [0.29, 0.717) is 12.1 Å². The van der Waals surface area contributed by atoms with Crippen LogP contribution in [0, 0.1) is 6.92 Å². The molecule has 3 nitrogen and oxygen atoms in total. The highest BCUT2D eigenvalue weighted by Gasteiger charge is 2.27. The van der Waals surface area contributed by atoms with Crippen molar-refractivity contribution in [2.45, 2.75) is 38.3 Å². The quantitative estimate of drug-likeness (QED) is 0.830. The van der Waals surface area contributed by atoms with Crippen molar-refractivity contribution in [2.75, 3.05) is 13.7 Å². The van der Waals surface area contributed by atoms with E-state index in [1.54, 1.807) is 18.4 Å². The van der Waals surface area contributed by atoms with Crippen LogP contribution in [0.4, 0.5) is 0 Å². The lowest BCUT2D eigenvalue weighted by Crippen LogP contribution is -2.45. The first-order chi connectivity index (χ1) is 7.28. The summed E-state index contributed by atoms with van der Waals surface area (Å²) in [5.41, 5.74) is 1.14. The van der Waals surface area contributed by atoms with E-state index >= 15 is 0 Å². The van der Waals surface area contributed by atoms with E-state index in [4.69, 9.17) is 4.74 Å². The number of hydrogen-bond donors (Lipinski definition) is 1. The molecule has 0 bridgehead atoms. The second-order valence-electron chi connectivity index (χ2n) is 4.11. The summed E-state index contributed by atoms with van der Waals surface area (Å²) >= 11 is 1.76. The smallest absolute Gasteiger partial charge is 0.0940 e. The molecular formula is C11H18N2OS. The van der Waals surface area contributed by atoms with Gasteiger partial charge in [0.1, 0.15) is 0 Å². The summed E-state index contributed by atoms with van der Waals surface area (Å²) in [5.74, 6) is 0. The summed E-state index contributed by atoms with van der Waals surface area (Å²) in [6, 6.07) is 0.663. The van der Waals surface area contributed by atoms with E-state index in [0.717, 1.165) is 31.5 Å². The van der Waals surface area contributed by atoms with Crippen molar-refractivity contribution in [1.29, 1.82) is 0 Å². The predicted octanol–water partition coefficient (Wildman–Crippen LogP) is 1.76. The van der Waals surface area contributed by atoms with Gasteiger partial charge in [-0.25, -0.2) is 4.98 Å². The van der Waals surface area contributed by atoms with Crippen molar-refractivity contribution in [3.8, 4) is 0 Å². The number of rotatable bonds is 5. The van der Waals surface area contributed by atoms with Crippen LogP contribution in [-0.4, -0.2) is 30.8 Å². The lowest BCUT2D eigenvalue weighted by molar-refractivity contribution is 0.0177. The standard InChI is InChI=1S/C11H18N2OS/c1-8-7-15-11(13-8)3-4-12-9-5-10(6-9)14-2/h7,9-10,12H,3-6H2,1-2H3. The molecule has 1 aliphatic rings. The number of nitrogens with one attached hydrogen (secondary N) is 1. The van der Waals surface area contributed by atoms with Crippen LogP contribution in [0.2, 0.25) is 0 Å². The van der Waals surface area contributed by atoms with Gasteiger partial charge in [-0.3, -0.25) is 0 Å². The third-order valence-electron chi connectivity index (χ3n) is 2.87. The fourth-order valence-corrected chi connectivity index (χ4v) is 2.60. The van der Waals surface area contributed by atoms with Gasteiger partial charge < -0.3 is 10.1 Å². The van der Waals surface area contributed by atoms with Gasteiger partial charge >= 0.3 is 0 Å². The highest BCUT2D eigenvalue weighted by molar-refractivity contribution is 7.09. The molecule has 1 aromatic heterocycles. The van der Waals surface area contributed by atoms with Crippen LogP contribution >= 0.6 is 11.3 Å². The van der Waals surface area contributed by atoms with E-state index < -0.39 is 0 Å². The number of nitrogens with zero attached hydrogens (tertiary/aromatic N) is 1. The molecule has 2 rings (SSSR count). The predicted molar refractivity (Wildman–Crippen MR) is 62.4 cm³/mol. The molecule has 0 radical (unpaired) electrons. The first-order valence-corrected chi connectivity index (χ1v) is 6.33. The first kappa shape index (κ1) is 11.0. The third kappa shape index (κ3) is 3.00. The van der Waals surface area contributed by atoms with Crippen molar-refractivity contribution < 1.29 is 4.74 Å². The Balaban J connectivity index is 1.60. The Labute approximate surface area is 94.9 Å². The molecule has 0 aromatic carbocycles. The number of ether oxygens (including phenoxy) is 1. The number of hydrogen-bond acceptors (Lipinski definition) is 4. The van der Waals surface area contributed by atoms with Crippen molar-refractivity contribution in [3.63, 3.8) is 0 Å². The maximum absolute atomic E-state index is 5.23. The zero-order chi connectivity index (χ0) is 10.7. The SMILES string of the molecule is COC1CC(NCCc2nc(C)cs2)C1. The van der Waals surface area contributed by atoms with Crippen molar-refractivity contribution in [3.05, 3.63) is 16.1 Å². The third-order valence-corrected chi connectivity index (χ3v) is 3.89. The fourth-order valence-electron chi connectivity index (χ4n) is 1.83. The molecule has 1 heterocycles. The van der Waals surface area contributed by atoms with Gasteiger partial charge in [-0.1, -0.05) is 0 Å². The van der Waals surface area contributed by atoms with Gasteiger partial charge in [0.15, 0.2) is 0 Å². The molecule has 84 valence electrons. The minimum absolute atomic E-state index is 0.490. The van der Waals surface area contributed by atoms with Gasteiger partial charge in [-0.2, -0.15) is 0 Å². The number of aromatic nitrogens is 1. The molecule has 1 fully saturated rings. The molecule has 1 N–H and O–H groups in total. The molecular weight excluding hydrogens is 208 g/mol.